The van der Waals surface area contributed by atoms with E-state index in [1.165, 1.54) is 12.8 Å². The zero-order valence-electron chi connectivity index (χ0n) is 18.2. The molecule has 0 spiro atoms. The molecule has 2 unspecified atom stereocenters. The Hall–Kier alpha value is -0.290. The van der Waals surface area contributed by atoms with Gasteiger partial charge in [0, 0.05) is 13.2 Å². The van der Waals surface area contributed by atoms with Gasteiger partial charge in [-0.25, -0.2) is 0 Å². The summed E-state index contributed by atoms with van der Waals surface area (Å²) in [5.41, 5.74) is -0.687. The van der Waals surface area contributed by atoms with Crippen LogP contribution >= 0.6 is 0 Å². The van der Waals surface area contributed by atoms with Gasteiger partial charge in [-0.15, -0.1) is 0 Å². The second-order valence-electron chi connectivity index (χ2n) is 9.03. The molecule has 2 saturated heterocycles. The molecular weight excluding hydrogens is 412 g/mol. The summed E-state index contributed by atoms with van der Waals surface area (Å²) in [6.45, 7) is 1.80. The molecule has 0 aromatic rings. The van der Waals surface area contributed by atoms with Crippen LogP contribution in [-0.2, 0) is 33.2 Å². The third kappa shape index (κ3) is 7.39. The molecule has 1 N–H and O–H groups in total. The lowest BCUT2D eigenvalue weighted by Gasteiger charge is -2.43. The largest absolute Gasteiger partial charge is 0.393 e. The SMILES string of the molecule is CS(=O)(=O)OCC1(OC2CCCCO2)CCC1.OCC1(OC2CCCCO2)CCC1. The molecule has 2 atom stereocenters. The van der Waals surface area contributed by atoms with Gasteiger partial charge in [-0.05, 0) is 77.0 Å². The quantitative estimate of drug-likeness (QED) is 0.564. The van der Waals surface area contributed by atoms with Crippen molar-refractivity contribution >= 4 is 10.1 Å². The van der Waals surface area contributed by atoms with Gasteiger partial charge in [0.1, 0.15) is 0 Å². The van der Waals surface area contributed by atoms with E-state index >= 15 is 0 Å². The van der Waals surface area contributed by atoms with Crippen molar-refractivity contribution in [2.75, 3.05) is 32.7 Å². The Labute approximate surface area is 180 Å². The minimum Gasteiger partial charge on any atom is -0.393 e. The summed E-state index contributed by atoms with van der Waals surface area (Å²) in [5, 5.41) is 9.19. The van der Waals surface area contributed by atoms with Gasteiger partial charge >= 0.3 is 0 Å². The molecule has 0 aromatic heterocycles. The van der Waals surface area contributed by atoms with Crippen LogP contribution in [0.2, 0.25) is 0 Å². The fraction of sp³-hybridized carbons (Fsp3) is 1.00. The minimum atomic E-state index is -3.40. The Kier molecular flexibility index (Phi) is 8.95. The first-order chi connectivity index (χ1) is 14.3. The molecule has 2 aliphatic carbocycles. The molecule has 0 bridgehead atoms. The van der Waals surface area contributed by atoms with Crippen molar-refractivity contribution in [3.05, 3.63) is 0 Å². The molecule has 0 amide bonds. The van der Waals surface area contributed by atoms with Crippen LogP contribution in [0.3, 0.4) is 0 Å². The monoisotopic (exact) mass is 450 g/mol. The van der Waals surface area contributed by atoms with E-state index in [0.29, 0.717) is 0 Å². The number of aliphatic hydroxyl groups is 1. The van der Waals surface area contributed by atoms with Crippen LogP contribution in [0.4, 0.5) is 0 Å². The first-order valence-corrected chi connectivity index (χ1v) is 13.2. The van der Waals surface area contributed by atoms with E-state index < -0.39 is 15.7 Å². The maximum Gasteiger partial charge on any atom is 0.264 e. The molecule has 176 valence electrons. The summed E-state index contributed by atoms with van der Waals surface area (Å²) >= 11 is 0. The Bertz CT molecular complexity index is 597. The summed E-state index contributed by atoms with van der Waals surface area (Å²) < 4.78 is 49.6. The van der Waals surface area contributed by atoms with Crippen LogP contribution < -0.4 is 0 Å². The molecule has 4 fully saturated rings. The normalized spacial score (nSPS) is 30.3. The molecular formula is C21H38O8S. The minimum absolute atomic E-state index is 0.0544. The summed E-state index contributed by atoms with van der Waals surface area (Å²) in [7, 11) is -3.40. The van der Waals surface area contributed by atoms with Crippen LogP contribution in [-0.4, -0.2) is 70.0 Å². The van der Waals surface area contributed by atoms with E-state index in [9.17, 15) is 13.5 Å². The van der Waals surface area contributed by atoms with Gasteiger partial charge in [0.05, 0.1) is 30.7 Å². The average Bonchev–Trinajstić information content (AvgIpc) is 2.68. The second kappa shape index (κ2) is 11.0. The molecule has 9 heteroatoms. The number of aliphatic hydroxyl groups excluding tert-OH is 1. The third-order valence-corrected chi connectivity index (χ3v) is 6.94. The van der Waals surface area contributed by atoms with Crippen molar-refractivity contribution in [3.8, 4) is 0 Å². The Balaban J connectivity index is 0.000000177. The van der Waals surface area contributed by atoms with Crippen molar-refractivity contribution in [2.45, 2.75) is 101 Å². The predicted octanol–water partition coefficient (Wildman–Crippen LogP) is 2.87. The van der Waals surface area contributed by atoms with Crippen molar-refractivity contribution < 1.29 is 36.7 Å². The standard InChI is InChI=1S/C11H20O5S.C10H18O3/c1-17(12,13)15-9-11(6-4-7-11)16-10-5-2-3-8-14-10;11-8-10(5-3-6-10)13-9-4-1-2-7-12-9/h10H,2-9H2,1H3;9,11H,1-8H2. The van der Waals surface area contributed by atoms with Gasteiger partial charge in [-0.3, -0.25) is 4.18 Å². The summed E-state index contributed by atoms with van der Waals surface area (Å²) in [6.07, 6.45) is 13.1. The molecule has 2 aliphatic heterocycles. The van der Waals surface area contributed by atoms with E-state index in [-0.39, 0.29) is 31.4 Å². The highest BCUT2D eigenvalue weighted by molar-refractivity contribution is 7.85. The number of rotatable bonds is 8. The zero-order chi connectivity index (χ0) is 21.5. The molecule has 2 heterocycles. The van der Waals surface area contributed by atoms with Crippen LogP contribution in [0.25, 0.3) is 0 Å². The number of ether oxygens (including phenoxy) is 4. The lowest BCUT2D eigenvalue weighted by Crippen LogP contribution is -2.48. The zero-order valence-corrected chi connectivity index (χ0v) is 19.0. The fourth-order valence-corrected chi connectivity index (χ4v) is 4.56. The first kappa shape index (κ1) is 24.4. The molecule has 4 aliphatic rings. The summed E-state index contributed by atoms with van der Waals surface area (Å²) in [5.74, 6) is 0. The van der Waals surface area contributed by atoms with E-state index in [4.69, 9.17) is 23.1 Å². The van der Waals surface area contributed by atoms with E-state index in [0.717, 1.165) is 83.7 Å². The molecule has 2 saturated carbocycles. The summed E-state index contributed by atoms with van der Waals surface area (Å²) in [4.78, 5) is 0. The van der Waals surface area contributed by atoms with E-state index in [2.05, 4.69) is 0 Å². The maximum absolute atomic E-state index is 11.0. The first-order valence-electron chi connectivity index (χ1n) is 11.4. The fourth-order valence-electron chi connectivity index (χ4n) is 4.13. The molecule has 0 aromatic carbocycles. The maximum atomic E-state index is 11.0. The van der Waals surface area contributed by atoms with E-state index in [1.807, 2.05) is 0 Å². The van der Waals surface area contributed by atoms with Crippen LogP contribution in [0.5, 0.6) is 0 Å². The average molecular weight is 451 g/mol. The van der Waals surface area contributed by atoms with Crippen molar-refractivity contribution in [2.24, 2.45) is 0 Å². The van der Waals surface area contributed by atoms with Crippen molar-refractivity contribution in [1.82, 2.24) is 0 Å². The highest BCUT2D eigenvalue weighted by atomic mass is 32.2. The highest BCUT2D eigenvalue weighted by Crippen LogP contribution is 2.39. The van der Waals surface area contributed by atoms with Crippen LogP contribution in [0.1, 0.15) is 77.0 Å². The van der Waals surface area contributed by atoms with Gasteiger partial charge in [-0.2, -0.15) is 8.42 Å². The third-order valence-electron chi connectivity index (χ3n) is 6.39. The number of hydrogen-bond donors (Lipinski definition) is 1. The van der Waals surface area contributed by atoms with Crippen LogP contribution in [0.15, 0.2) is 0 Å². The van der Waals surface area contributed by atoms with Crippen molar-refractivity contribution in [1.29, 1.82) is 0 Å². The topological polar surface area (TPSA) is 101 Å². The van der Waals surface area contributed by atoms with Crippen LogP contribution in [0, 0.1) is 0 Å². The summed E-state index contributed by atoms with van der Waals surface area (Å²) in [6, 6.07) is 0. The van der Waals surface area contributed by atoms with Crippen molar-refractivity contribution in [3.63, 3.8) is 0 Å². The van der Waals surface area contributed by atoms with E-state index in [1.54, 1.807) is 0 Å². The Morgan fingerprint density at radius 1 is 0.833 bits per heavy atom. The molecule has 8 nitrogen and oxygen atoms in total. The Morgan fingerprint density at radius 3 is 1.67 bits per heavy atom. The molecule has 30 heavy (non-hydrogen) atoms. The van der Waals surface area contributed by atoms with Gasteiger partial charge in [0.15, 0.2) is 12.6 Å². The molecule has 0 radical (unpaired) electrons. The van der Waals surface area contributed by atoms with Gasteiger partial charge in [0.25, 0.3) is 10.1 Å². The van der Waals surface area contributed by atoms with Gasteiger partial charge in [0.2, 0.25) is 0 Å². The lowest BCUT2D eigenvalue weighted by molar-refractivity contribution is -0.255. The molecule has 4 rings (SSSR count). The number of hydrogen-bond acceptors (Lipinski definition) is 8. The predicted molar refractivity (Wildman–Crippen MR) is 110 cm³/mol. The second-order valence-corrected chi connectivity index (χ2v) is 10.7. The van der Waals surface area contributed by atoms with Gasteiger partial charge < -0.3 is 24.1 Å². The lowest BCUT2D eigenvalue weighted by atomic mass is 9.80. The smallest absolute Gasteiger partial charge is 0.264 e. The highest BCUT2D eigenvalue weighted by Gasteiger charge is 2.42. The Morgan fingerprint density at radius 2 is 1.33 bits per heavy atom. The van der Waals surface area contributed by atoms with Gasteiger partial charge in [-0.1, -0.05) is 0 Å².